The van der Waals surface area contributed by atoms with Gasteiger partial charge in [-0.3, -0.25) is 0 Å². The van der Waals surface area contributed by atoms with Crippen LogP contribution in [-0.4, -0.2) is 17.1 Å². The van der Waals surface area contributed by atoms with E-state index >= 15 is 0 Å². The van der Waals surface area contributed by atoms with E-state index < -0.39 is 5.82 Å². The van der Waals surface area contributed by atoms with Crippen LogP contribution in [0.25, 0.3) is 11.0 Å². The Bertz CT molecular complexity index is 856. The number of aromatic nitrogens is 2. The zero-order chi connectivity index (χ0) is 15.0. The van der Waals surface area contributed by atoms with Gasteiger partial charge >= 0.3 is 5.69 Å². The normalized spacial score (nSPS) is 12.5. The second kappa shape index (κ2) is 5.37. The molecule has 0 aliphatic heterocycles. The SMILES string of the molecule is COc1cc(C(Br)c2ccc3[nH]c(=O)[nH]c3c2)ccc1F. The van der Waals surface area contributed by atoms with Crippen molar-refractivity contribution in [3.8, 4) is 5.75 Å². The summed E-state index contributed by atoms with van der Waals surface area (Å²) in [5.41, 5.74) is 3.06. The van der Waals surface area contributed by atoms with E-state index in [1.165, 1.54) is 13.2 Å². The number of ether oxygens (including phenoxy) is 1. The van der Waals surface area contributed by atoms with Gasteiger partial charge in [-0.2, -0.15) is 0 Å². The van der Waals surface area contributed by atoms with E-state index in [0.29, 0.717) is 0 Å². The first-order valence-electron chi connectivity index (χ1n) is 6.28. The molecule has 6 heteroatoms. The molecule has 21 heavy (non-hydrogen) atoms. The highest BCUT2D eigenvalue weighted by molar-refractivity contribution is 9.09. The summed E-state index contributed by atoms with van der Waals surface area (Å²) in [6.45, 7) is 0. The molecule has 4 nitrogen and oxygen atoms in total. The van der Waals surface area contributed by atoms with Crippen LogP contribution in [0.5, 0.6) is 5.75 Å². The number of hydrogen-bond donors (Lipinski definition) is 2. The number of methoxy groups -OCH3 is 1. The average Bonchev–Trinajstić information content (AvgIpc) is 2.86. The van der Waals surface area contributed by atoms with Crippen molar-refractivity contribution in [2.75, 3.05) is 7.11 Å². The second-order valence-electron chi connectivity index (χ2n) is 4.64. The molecule has 0 spiro atoms. The predicted octanol–water partition coefficient (Wildman–Crippen LogP) is 3.49. The first kappa shape index (κ1) is 13.9. The highest BCUT2D eigenvalue weighted by Crippen LogP contribution is 2.34. The molecule has 0 bridgehead atoms. The maximum Gasteiger partial charge on any atom is 0.323 e. The molecule has 0 saturated carbocycles. The fraction of sp³-hybridized carbons (Fsp3) is 0.133. The molecule has 0 fully saturated rings. The van der Waals surface area contributed by atoms with Crippen LogP contribution in [0.1, 0.15) is 16.0 Å². The third-order valence-corrected chi connectivity index (χ3v) is 4.36. The molecular formula is C15H12BrFN2O2. The Morgan fingerprint density at radius 3 is 2.52 bits per heavy atom. The number of H-pyrrole nitrogens is 2. The Kier molecular flexibility index (Phi) is 3.55. The molecular weight excluding hydrogens is 339 g/mol. The molecule has 1 heterocycles. The van der Waals surface area contributed by atoms with Crippen LogP contribution in [0.15, 0.2) is 41.2 Å². The van der Waals surface area contributed by atoms with Crippen molar-refractivity contribution in [2.24, 2.45) is 0 Å². The minimum atomic E-state index is -0.397. The molecule has 0 aliphatic carbocycles. The van der Waals surface area contributed by atoms with Gasteiger partial charge in [0.2, 0.25) is 0 Å². The van der Waals surface area contributed by atoms with E-state index in [1.807, 2.05) is 18.2 Å². The smallest absolute Gasteiger partial charge is 0.323 e. The number of hydrogen-bond acceptors (Lipinski definition) is 2. The van der Waals surface area contributed by atoms with Crippen molar-refractivity contribution in [3.05, 3.63) is 63.8 Å². The third kappa shape index (κ3) is 2.58. The largest absolute Gasteiger partial charge is 0.494 e. The predicted molar refractivity (Wildman–Crippen MR) is 82.6 cm³/mol. The van der Waals surface area contributed by atoms with Gasteiger partial charge in [0.1, 0.15) is 0 Å². The molecule has 0 saturated heterocycles. The van der Waals surface area contributed by atoms with Crippen molar-refractivity contribution < 1.29 is 9.13 Å². The zero-order valence-corrected chi connectivity index (χ0v) is 12.7. The van der Waals surface area contributed by atoms with Gasteiger partial charge in [0, 0.05) is 0 Å². The second-order valence-corrected chi connectivity index (χ2v) is 5.56. The Labute approximate surface area is 128 Å². The molecule has 3 aromatic rings. The number of rotatable bonds is 3. The first-order chi connectivity index (χ1) is 10.1. The van der Waals surface area contributed by atoms with Crippen molar-refractivity contribution in [3.63, 3.8) is 0 Å². The molecule has 1 unspecified atom stereocenters. The van der Waals surface area contributed by atoms with E-state index in [0.717, 1.165) is 22.2 Å². The number of aromatic amines is 2. The summed E-state index contributed by atoms with van der Waals surface area (Å²) >= 11 is 3.59. The van der Waals surface area contributed by atoms with Crippen LogP contribution in [-0.2, 0) is 0 Å². The van der Waals surface area contributed by atoms with Gasteiger partial charge in [-0.15, -0.1) is 0 Å². The number of nitrogens with one attached hydrogen (secondary N) is 2. The summed E-state index contributed by atoms with van der Waals surface area (Å²) in [4.78, 5) is 16.6. The van der Waals surface area contributed by atoms with E-state index in [-0.39, 0.29) is 16.3 Å². The topological polar surface area (TPSA) is 57.9 Å². The van der Waals surface area contributed by atoms with Crippen molar-refractivity contribution in [1.29, 1.82) is 0 Å². The highest BCUT2D eigenvalue weighted by atomic mass is 79.9. The molecule has 0 radical (unpaired) electrons. The van der Waals surface area contributed by atoms with Crippen LogP contribution in [0.4, 0.5) is 4.39 Å². The number of fused-ring (bicyclic) bond motifs is 1. The van der Waals surface area contributed by atoms with E-state index in [1.54, 1.807) is 12.1 Å². The standard InChI is InChI=1S/C15H12BrFN2O2/c1-21-13-7-9(2-4-10(13)17)14(16)8-3-5-11-12(6-8)19-15(20)18-11/h2-7,14H,1H3,(H2,18,19,20). The van der Waals surface area contributed by atoms with Gasteiger partial charge in [-0.25, -0.2) is 9.18 Å². The lowest BCUT2D eigenvalue weighted by Gasteiger charge is -2.12. The van der Waals surface area contributed by atoms with Crippen LogP contribution in [0.2, 0.25) is 0 Å². The van der Waals surface area contributed by atoms with E-state index in [9.17, 15) is 9.18 Å². The molecule has 3 rings (SSSR count). The minimum absolute atomic E-state index is 0.130. The van der Waals surface area contributed by atoms with Gasteiger partial charge < -0.3 is 14.7 Å². The lowest BCUT2D eigenvalue weighted by atomic mass is 10.0. The lowest BCUT2D eigenvalue weighted by molar-refractivity contribution is 0.386. The van der Waals surface area contributed by atoms with Gasteiger partial charge in [0.15, 0.2) is 11.6 Å². The minimum Gasteiger partial charge on any atom is -0.494 e. The summed E-state index contributed by atoms with van der Waals surface area (Å²) in [7, 11) is 1.43. The monoisotopic (exact) mass is 350 g/mol. The van der Waals surface area contributed by atoms with Crippen molar-refractivity contribution in [2.45, 2.75) is 4.83 Å². The van der Waals surface area contributed by atoms with Crippen LogP contribution in [0.3, 0.4) is 0 Å². The zero-order valence-electron chi connectivity index (χ0n) is 11.1. The van der Waals surface area contributed by atoms with Crippen molar-refractivity contribution in [1.82, 2.24) is 9.97 Å². The molecule has 0 aliphatic rings. The summed E-state index contributed by atoms with van der Waals surface area (Å²) < 4.78 is 18.5. The number of benzene rings is 2. The fourth-order valence-corrected chi connectivity index (χ4v) is 2.80. The van der Waals surface area contributed by atoms with Crippen LogP contribution < -0.4 is 10.4 Å². The molecule has 108 valence electrons. The molecule has 2 aromatic carbocycles. The number of alkyl halides is 1. The maximum absolute atomic E-state index is 13.5. The summed E-state index contributed by atoms with van der Waals surface area (Å²) in [6.07, 6.45) is 0. The quantitative estimate of drug-likeness (QED) is 0.710. The highest BCUT2D eigenvalue weighted by Gasteiger charge is 2.14. The number of halogens is 2. The maximum atomic E-state index is 13.5. The van der Waals surface area contributed by atoms with E-state index in [2.05, 4.69) is 25.9 Å². The molecule has 0 amide bonds. The Morgan fingerprint density at radius 1 is 1.10 bits per heavy atom. The first-order valence-corrected chi connectivity index (χ1v) is 7.19. The molecule has 1 aromatic heterocycles. The van der Waals surface area contributed by atoms with Crippen LogP contribution >= 0.6 is 15.9 Å². The van der Waals surface area contributed by atoms with E-state index in [4.69, 9.17) is 4.74 Å². The van der Waals surface area contributed by atoms with Gasteiger partial charge in [0.05, 0.1) is 23.0 Å². The van der Waals surface area contributed by atoms with Crippen LogP contribution in [0, 0.1) is 5.82 Å². The van der Waals surface area contributed by atoms with Gasteiger partial charge in [-0.1, -0.05) is 28.1 Å². The Hall–Kier alpha value is -2.08. The lowest BCUT2D eigenvalue weighted by Crippen LogP contribution is -1.99. The third-order valence-electron chi connectivity index (χ3n) is 3.30. The fourth-order valence-electron chi connectivity index (χ4n) is 2.23. The molecule has 1 atom stereocenters. The summed E-state index contributed by atoms with van der Waals surface area (Å²) in [5, 5.41) is 0. The summed E-state index contributed by atoms with van der Waals surface area (Å²) in [5.74, 6) is -0.195. The van der Waals surface area contributed by atoms with Gasteiger partial charge in [0.25, 0.3) is 0 Å². The Morgan fingerprint density at radius 2 is 1.76 bits per heavy atom. The van der Waals surface area contributed by atoms with Gasteiger partial charge in [-0.05, 0) is 35.4 Å². The van der Waals surface area contributed by atoms with Crippen molar-refractivity contribution >= 4 is 27.0 Å². The summed E-state index contributed by atoms with van der Waals surface area (Å²) in [6, 6.07) is 10.3. The Balaban J connectivity index is 2.02. The number of imidazole rings is 1. The average molecular weight is 351 g/mol. The molecule has 2 N–H and O–H groups in total.